The minimum absolute atomic E-state index is 0.00236. The van der Waals surface area contributed by atoms with Crippen LogP contribution in [-0.2, 0) is 4.79 Å². The van der Waals surface area contributed by atoms with Crippen molar-refractivity contribution in [3.63, 3.8) is 0 Å². The number of benzene rings is 1. The van der Waals surface area contributed by atoms with E-state index in [2.05, 4.69) is 4.99 Å². The Morgan fingerprint density at radius 3 is 2.72 bits per heavy atom. The molecule has 1 aromatic carbocycles. The number of ketones is 1. The number of nitrogens with zero attached hydrogens (tertiary/aromatic N) is 1. The maximum Gasteiger partial charge on any atom is 0.141 e. The van der Waals surface area contributed by atoms with Gasteiger partial charge in [-0.3, -0.25) is 9.79 Å². The molecule has 0 aliphatic heterocycles. The van der Waals surface area contributed by atoms with Crippen molar-refractivity contribution < 1.29 is 9.18 Å². The second kappa shape index (κ2) is 6.31. The maximum atomic E-state index is 12.9. The molecule has 0 heterocycles. The molecule has 1 rings (SSSR count). The van der Waals surface area contributed by atoms with Crippen LogP contribution in [0.3, 0.4) is 0 Å². The van der Waals surface area contributed by atoms with E-state index in [1.54, 1.807) is 6.92 Å². The smallest absolute Gasteiger partial charge is 0.141 e. The fraction of sp³-hybridized carbons (Fsp3) is 0.231. The van der Waals surface area contributed by atoms with Crippen molar-refractivity contribution in [2.24, 2.45) is 16.6 Å². The average Bonchev–Trinajstić information content (AvgIpc) is 2.33. The Kier molecular flexibility index (Phi) is 5.04. The number of halogens is 2. The number of Topliss-reactive ketones (excluding diaryl/α,β-unsaturated/α-hetero) is 1. The zero-order chi connectivity index (χ0) is 13.7. The number of allylic oxidation sites excluding steroid dienone is 1. The van der Waals surface area contributed by atoms with Gasteiger partial charge in [0.15, 0.2) is 0 Å². The molecule has 0 bridgehead atoms. The van der Waals surface area contributed by atoms with Gasteiger partial charge in [-0.2, -0.15) is 0 Å². The quantitative estimate of drug-likeness (QED) is 0.852. The van der Waals surface area contributed by atoms with Gasteiger partial charge in [0.2, 0.25) is 0 Å². The van der Waals surface area contributed by atoms with Gasteiger partial charge in [0, 0.05) is 12.1 Å². The van der Waals surface area contributed by atoms with E-state index in [0.29, 0.717) is 11.3 Å². The summed E-state index contributed by atoms with van der Waals surface area (Å²) in [6, 6.07) is 4.12. The molecule has 0 aromatic heterocycles. The van der Waals surface area contributed by atoms with Crippen molar-refractivity contribution in [3.8, 4) is 0 Å². The van der Waals surface area contributed by atoms with Crippen molar-refractivity contribution >= 4 is 29.3 Å². The van der Waals surface area contributed by atoms with E-state index in [-0.39, 0.29) is 16.7 Å². The number of carbonyl (C=O) groups excluding carboxylic acids is 1. The molecule has 0 spiro atoms. The largest absolute Gasteiger partial charge is 0.404 e. The summed E-state index contributed by atoms with van der Waals surface area (Å²) in [5, 5.41) is 0.00236. The molecule has 1 aromatic rings. The summed E-state index contributed by atoms with van der Waals surface area (Å²) in [6.45, 7) is 3.22. The number of hydrogen-bond donors (Lipinski definition) is 1. The van der Waals surface area contributed by atoms with Crippen molar-refractivity contribution in [2.45, 2.75) is 13.8 Å². The van der Waals surface area contributed by atoms with Gasteiger partial charge in [0.05, 0.1) is 10.7 Å². The van der Waals surface area contributed by atoms with Crippen LogP contribution >= 0.6 is 11.6 Å². The van der Waals surface area contributed by atoms with Crippen molar-refractivity contribution in [1.82, 2.24) is 0 Å². The lowest BCUT2D eigenvalue weighted by molar-refractivity contribution is -0.119. The lowest BCUT2D eigenvalue weighted by Gasteiger charge is -2.07. The van der Waals surface area contributed by atoms with E-state index in [9.17, 15) is 9.18 Å². The summed E-state index contributed by atoms with van der Waals surface area (Å²) in [6.07, 6.45) is 2.82. The third kappa shape index (κ3) is 3.67. The Bertz CT molecular complexity index is 512. The normalized spacial score (nSPS) is 13.9. The molecule has 96 valence electrons. The molecule has 0 fully saturated rings. The highest BCUT2D eigenvalue weighted by Crippen LogP contribution is 2.21. The molecule has 0 radical (unpaired) electrons. The highest BCUT2D eigenvalue weighted by atomic mass is 35.5. The highest BCUT2D eigenvalue weighted by molar-refractivity contribution is 6.31. The Hall–Kier alpha value is -1.68. The van der Waals surface area contributed by atoms with Crippen LogP contribution in [0.15, 0.2) is 35.0 Å². The van der Waals surface area contributed by atoms with Crippen LogP contribution in [0.2, 0.25) is 5.02 Å². The molecular formula is C13H14ClFN2O. The zero-order valence-electron chi connectivity index (χ0n) is 10.2. The van der Waals surface area contributed by atoms with Crippen molar-refractivity contribution in [1.29, 1.82) is 0 Å². The first-order chi connectivity index (χ1) is 8.45. The van der Waals surface area contributed by atoms with Gasteiger partial charge in [-0.1, -0.05) is 18.5 Å². The van der Waals surface area contributed by atoms with Gasteiger partial charge in [-0.25, -0.2) is 4.39 Å². The fourth-order valence-electron chi connectivity index (χ4n) is 1.25. The number of rotatable bonds is 4. The molecule has 1 atom stereocenters. The molecule has 2 N–H and O–H groups in total. The van der Waals surface area contributed by atoms with Crippen molar-refractivity contribution in [2.75, 3.05) is 0 Å². The van der Waals surface area contributed by atoms with Gasteiger partial charge in [0.1, 0.15) is 11.6 Å². The van der Waals surface area contributed by atoms with Crippen LogP contribution in [0, 0.1) is 11.7 Å². The first-order valence-electron chi connectivity index (χ1n) is 5.37. The summed E-state index contributed by atoms with van der Waals surface area (Å²) < 4.78 is 12.9. The summed E-state index contributed by atoms with van der Waals surface area (Å²) in [4.78, 5) is 15.3. The van der Waals surface area contributed by atoms with E-state index in [0.717, 1.165) is 0 Å². The van der Waals surface area contributed by atoms with Gasteiger partial charge in [-0.15, -0.1) is 0 Å². The minimum atomic E-state index is -0.498. The van der Waals surface area contributed by atoms with E-state index in [1.807, 2.05) is 0 Å². The summed E-state index contributed by atoms with van der Waals surface area (Å²) >= 11 is 5.63. The number of nitrogens with two attached hydrogens (primary N) is 1. The lowest BCUT2D eigenvalue weighted by Crippen LogP contribution is -2.11. The highest BCUT2D eigenvalue weighted by Gasteiger charge is 2.11. The van der Waals surface area contributed by atoms with E-state index in [1.165, 1.54) is 37.5 Å². The third-order valence-corrected chi connectivity index (χ3v) is 2.86. The molecule has 1 unspecified atom stereocenters. The van der Waals surface area contributed by atoms with E-state index >= 15 is 0 Å². The van der Waals surface area contributed by atoms with E-state index in [4.69, 9.17) is 17.3 Å². The molecule has 18 heavy (non-hydrogen) atoms. The van der Waals surface area contributed by atoms with Crippen LogP contribution in [0.4, 0.5) is 10.1 Å². The molecule has 0 saturated carbocycles. The standard InChI is InChI=1S/C13H14ClFN2O/c1-8(9(2)18)10(6-16)7-17-11-3-4-13(15)12(14)5-11/h3-8H,16H2,1-2H3/b10-6+,17-7?. The Morgan fingerprint density at radius 2 is 2.22 bits per heavy atom. The van der Waals surface area contributed by atoms with Crippen LogP contribution in [0.5, 0.6) is 0 Å². The molecule has 0 aliphatic rings. The van der Waals surface area contributed by atoms with Gasteiger partial charge in [0.25, 0.3) is 0 Å². The SMILES string of the molecule is CC(=O)C(C)/C(C=Nc1ccc(F)c(Cl)c1)=C/N. The van der Waals surface area contributed by atoms with Crippen LogP contribution in [0.1, 0.15) is 13.8 Å². The second-order valence-electron chi connectivity index (χ2n) is 3.86. The summed E-state index contributed by atoms with van der Waals surface area (Å²) in [5.41, 5.74) is 6.53. The van der Waals surface area contributed by atoms with Crippen LogP contribution in [-0.4, -0.2) is 12.0 Å². The first kappa shape index (κ1) is 14.4. The lowest BCUT2D eigenvalue weighted by atomic mass is 9.99. The Morgan fingerprint density at radius 1 is 1.56 bits per heavy atom. The molecule has 0 amide bonds. The molecule has 3 nitrogen and oxygen atoms in total. The number of hydrogen-bond acceptors (Lipinski definition) is 3. The summed E-state index contributed by atoms with van der Waals surface area (Å²) in [5.74, 6) is -0.827. The van der Waals surface area contributed by atoms with Gasteiger partial charge in [-0.05, 0) is 36.9 Å². The average molecular weight is 269 g/mol. The Labute approximate surface area is 110 Å². The minimum Gasteiger partial charge on any atom is -0.404 e. The fourth-order valence-corrected chi connectivity index (χ4v) is 1.42. The molecule has 5 heteroatoms. The van der Waals surface area contributed by atoms with Crippen LogP contribution < -0.4 is 5.73 Å². The topological polar surface area (TPSA) is 55.5 Å². The predicted molar refractivity (Wildman–Crippen MR) is 71.7 cm³/mol. The van der Waals surface area contributed by atoms with E-state index < -0.39 is 5.82 Å². The zero-order valence-corrected chi connectivity index (χ0v) is 10.9. The summed E-state index contributed by atoms with van der Waals surface area (Å²) in [7, 11) is 0. The first-order valence-corrected chi connectivity index (χ1v) is 5.75. The van der Waals surface area contributed by atoms with Gasteiger partial charge >= 0.3 is 0 Å². The monoisotopic (exact) mass is 268 g/mol. The molecule has 0 saturated heterocycles. The number of aliphatic imine (C=N–C) groups is 1. The van der Waals surface area contributed by atoms with Crippen LogP contribution in [0.25, 0.3) is 0 Å². The third-order valence-electron chi connectivity index (χ3n) is 2.57. The second-order valence-corrected chi connectivity index (χ2v) is 4.26. The number of carbonyl (C=O) groups is 1. The van der Waals surface area contributed by atoms with Gasteiger partial charge < -0.3 is 5.73 Å². The van der Waals surface area contributed by atoms with Crippen molar-refractivity contribution in [3.05, 3.63) is 40.8 Å². The molecule has 0 aliphatic carbocycles. The Balaban J connectivity index is 2.91. The maximum absolute atomic E-state index is 12.9. The predicted octanol–water partition coefficient (Wildman–Crippen LogP) is 3.25. The molecular weight excluding hydrogens is 255 g/mol.